The molecular weight excluding hydrogens is 535 g/mol. The summed E-state index contributed by atoms with van der Waals surface area (Å²) in [4.78, 5) is 72.8. The Balaban J connectivity index is 1.97. The van der Waals surface area contributed by atoms with Crippen LogP contribution in [0.2, 0.25) is 0 Å². The zero-order chi connectivity index (χ0) is 30.4. The molecule has 3 atom stereocenters. The summed E-state index contributed by atoms with van der Waals surface area (Å²) in [7, 11) is 8.35. The number of benzene rings is 1. The number of hydrogen-bond acceptors (Lipinski definition) is 7. The van der Waals surface area contributed by atoms with Gasteiger partial charge >= 0.3 is 0 Å². The zero-order valence-corrected chi connectivity index (χ0v) is 24.7. The van der Waals surface area contributed by atoms with Crippen LogP contribution < -0.4 is 10.1 Å². The normalized spacial score (nSPS) is 22.5. The lowest BCUT2D eigenvalue weighted by Gasteiger charge is -2.32. The largest absolute Gasteiger partial charge is 0.491 e. The van der Waals surface area contributed by atoms with Gasteiger partial charge in [-0.05, 0) is 45.1 Å². The lowest BCUT2D eigenvalue weighted by molar-refractivity contribution is -0.141. The molecule has 3 rings (SSSR count). The minimum Gasteiger partial charge on any atom is -0.491 e. The van der Waals surface area contributed by atoms with E-state index in [1.165, 1.54) is 47.9 Å². The van der Waals surface area contributed by atoms with E-state index in [9.17, 15) is 28.4 Å². The van der Waals surface area contributed by atoms with E-state index >= 15 is 0 Å². The summed E-state index contributed by atoms with van der Waals surface area (Å²) in [5.41, 5.74) is -0.0751. The first-order valence-corrected chi connectivity index (χ1v) is 13.7. The highest BCUT2D eigenvalue weighted by Gasteiger charge is 2.38. The molecular formula is C28H41FN6O6. The van der Waals surface area contributed by atoms with Gasteiger partial charge < -0.3 is 34.6 Å². The Bertz CT molecular complexity index is 1160. The fourth-order valence-electron chi connectivity index (χ4n) is 5.12. The Hall–Kier alpha value is -3.74. The summed E-state index contributed by atoms with van der Waals surface area (Å²) in [5, 5.41) is 2.82. The van der Waals surface area contributed by atoms with Crippen molar-refractivity contribution < 1.29 is 33.1 Å². The van der Waals surface area contributed by atoms with Crippen LogP contribution in [0.25, 0.3) is 0 Å². The van der Waals surface area contributed by atoms with Gasteiger partial charge in [0.05, 0.1) is 18.2 Å². The third-order valence-electron chi connectivity index (χ3n) is 7.51. The van der Waals surface area contributed by atoms with Crippen molar-refractivity contribution in [3.63, 3.8) is 0 Å². The highest BCUT2D eigenvalue weighted by Crippen LogP contribution is 2.26. The quantitative estimate of drug-likeness (QED) is 0.525. The molecule has 12 nitrogen and oxygen atoms in total. The fraction of sp³-hybridized carbons (Fsp3) is 0.607. The van der Waals surface area contributed by atoms with Crippen LogP contribution in [0.4, 0.5) is 4.39 Å². The highest BCUT2D eigenvalue weighted by atomic mass is 19.1. The van der Waals surface area contributed by atoms with Crippen LogP contribution in [-0.2, 0) is 19.2 Å². The number of fused-ring (bicyclic) bond motifs is 2. The molecule has 5 amide bonds. The van der Waals surface area contributed by atoms with E-state index in [4.69, 9.17) is 4.74 Å². The van der Waals surface area contributed by atoms with Crippen LogP contribution in [-0.4, -0.2) is 140 Å². The summed E-state index contributed by atoms with van der Waals surface area (Å²) in [6.45, 7) is 2.41. The number of carbonyl (C=O) groups is 5. The molecule has 0 aromatic heterocycles. The molecule has 226 valence electrons. The molecule has 1 fully saturated rings. The van der Waals surface area contributed by atoms with E-state index in [1.807, 2.05) is 19.0 Å². The van der Waals surface area contributed by atoms with Crippen molar-refractivity contribution >= 4 is 29.5 Å². The molecule has 0 spiro atoms. The molecule has 1 aromatic carbocycles. The Morgan fingerprint density at radius 1 is 1.10 bits per heavy atom. The first-order chi connectivity index (χ1) is 19.3. The van der Waals surface area contributed by atoms with Crippen molar-refractivity contribution in [1.82, 2.24) is 29.8 Å². The van der Waals surface area contributed by atoms with E-state index in [0.717, 1.165) is 6.07 Å². The average Bonchev–Trinajstić information content (AvgIpc) is 3.31. The third-order valence-corrected chi connectivity index (χ3v) is 7.51. The molecule has 13 heteroatoms. The van der Waals surface area contributed by atoms with Gasteiger partial charge in [-0.25, -0.2) is 4.39 Å². The van der Waals surface area contributed by atoms with Gasteiger partial charge in [-0.3, -0.25) is 24.0 Å². The number of nitrogens with one attached hydrogen (secondary N) is 1. The van der Waals surface area contributed by atoms with Gasteiger partial charge in [0.2, 0.25) is 23.6 Å². The van der Waals surface area contributed by atoms with Crippen molar-refractivity contribution in [3.8, 4) is 5.75 Å². The minimum absolute atomic E-state index is 0.00714. The first-order valence-electron chi connectivity index (χ1n) is 13.7. The van der Waals surface area contributed by atoms with Crippen molar-refractivity contribution in [2.75, 3.05) is 68.0 Å². The topological polar surface area (TPSA) is 123 Å². The lowest BCUT2D eigenvalue weighted by atomic mass is 10.1. The molecule has 1 N–H and O–H groups in total. The molecule has 1 aromatic rings. The third kappa shape index (κ3) is 8.15. The van der Waals surface area contributed by atoms with Crippen LogP contribution in [0.3, 0.4) is 0 Å². The minimum atomic E-state index is -1.01. The number of nitrogens with zero attached hydrogens (tertiary/aromatic N) is 5. The smallest absolute Gasteiger partial charge is 0.258 e. The molecule has 2 aliphatic rings. The van der Waals surface area contributed by atoms with Gasteiger partial charge in [0.25, 0.3) is 5.91 Å². The Labute approximate surface area is 240 Å². The summed E-state index contributed by atoms with van der Waals surface area (Å²) < 4.78 is 20.4. The highest BCUT2D eigenvalue weighted by molar-refractivity contribution is 5.99. The fourth-order valence-corrected chi connectivity index (χ4v) is 5.12. The summed E-state index contributed by atoms with van der Waals surface area (Å²) in [5.74, 6) is -2.45. The van der Waals surface area contributed by atoms with Gasteiger partial charge in [-0.2, -0.15) is 0 Å². The van der Waals surface area contributed by atoms with Crippen LogP contribution in [0.15, 0.2) is 18.2 Å². The number of carbonyl (C=O) groups excluding carboxylic acids is 5. The molecule has 0 bridgehead atoms. The van der Waals surface area contributed by atoms with Crippen LogP contribution in [0, 0.1) is 5.82 Å². The molecule has 0 saturated carbocycles. The second kappa shape index (κ2) is 13.7. The molecule has 2 heterocycles. The van der Waals surface area contributed by atoms with Crippen LogP contribution in [0.5, 0.6) is 5.75 Å². The maximum Gasteiger partial charge on any atom is 0.258 e. The van der Waals surface area contributed by atoms with Crippen molar-refractivity contribution in [2.24, 2.45) is 0 Å². The second-order valence-corrected chi connectivity index (χ2v) is 11.1. The number of amides is 5. The average molecular weight is 577 g/mol. The lowest BCUT2D eigenvalue weighted by Crippen LogP contribution is -2.50. The predicted molar refractivity (Wildman–Crippen MR) is 149 cm³/mol. The number of ether oxygens (including phenoxy) is 1. The predicted octanol–water partition coefficient (Wildman–Crippen LogP) is 0.0229. The Morgan fingerprint density at radius 3 is 2.46 bits per heavy atom. The standard InChI is InChI=1S/C28H41FN6O6/c1-18(36)30-20-14-21-17-41-24-9-7-19(29)13-22(24)27(39)34(6)23(28(40)32(4)12-11-31(2)3)8-10-25(37)33(5)16-26(38)35(21)15-20/h7,9,13,20-21,23H,8,10-12,14-17H2,1-6H3,(H,30,36)/t20-,21-,23-/m0/s1. The van der Waals surface area contributed by atoms with E-state index in [-0.39, 0.29) is 73.5 Å². The van der Waals surface area contributed by atoms with Crippen molar-refractivity contribution in [1.29, 1.82) is 0 Å². The summed E-state index contributed by atoms with van der Waals surface area (Å²) >= 11 is 0. The van der Waals surface area contributed by atoms with Gasteiger partial charge in [-0.1, -0.05) is 0 Å². The molecule has 41 heavy (non-hydrogen) atoms. The Morgan fingerprint density at radius 2 is 1.80 bits per heavy atom. The van der Waals surface area contributed by atoms with E-state index in [2.05, 4.69) is 5.32 Å². The molecule has 1 saturated heterocycles. The van der Waals surface area contributed by atoms with Crippen molar-refractivity contribution in [3.05, 3.63) is 29.6 Å². The number of hydrogen-bond donors (Lipinski definition) is 1. The molecule has 2 aliphatic heterocycles. The monoisotopic (exact) mass is 576 g/mol. The van der Waals surface area contributed by atoms with Crippen molar-refractivity contribution in [2.45, 2.75) is 44.3 Å². The molecule has 0 unspecified atom stereocenters. The number of likely N-dealkylation sites (N-methyl/N-ethyl adjacent to an activating group) is 4. The number of rotatable bonds is 5. The van der Waals surface area contributed by atoms with E-state index in [0.29, 0.717) is 19.5 Å². The van der Waals surface area contributed by atoms with E-state index in [1.54, 1.807) is 11.9 Å². The zero-order valence-electron chi connectivity index (χ0n) is 24.7. The molecule has 0 radical (unpaired) electrons. The van der Waals surface area contributed by atoms with Gasteiger partial charge in [0.1, 0.15) is 24.2 Å². The maximum absolute atomic E-state index is 14.4. The number of halogens is 1. The van der Waals surface area contributed by atoms with Crippen LogP contribution in [0.1, 0.15) is 36.5 Å². The SMILES string of the molecule is CC(=O)N[C@H]1C[C@H]2COc3ccc(F)cc3C(=O)N(C)[C@H](C(=O)N(C)CCN(C)C)CCC(=O)N(C)CC(=O)N2C1. The summed E-state index contributed by atoms with van der Waals surface area (Å²) in [6, 6.07) is 1.80. The first kappa shape index (κ1) is 31.8. The summed E-state index contributed by atoms with van der Waals surface area (Å²) in [6.07, 6.45) is 0.320. The maximum atomic E-state index is 14.4. The van der Waals surface area contributed by atoms with Gasteiger partial charge in [0.15, 0.2) is 0 Å². The van der Waals surface area contributed by atoms with E-state index < -0.39 is 23.8 Å². The molecule has 0 aliphatic carbocycles. The van der Waals surface area contributed by atoms with Gasteiger partial charge in [-0.15, -0.1) is 0 Å². The second-order valence-electron chi connectivity index (χ2n) is 11.1. The Kier molecular flexibility index (Phi) is 10.7. The van der Waals surface area contributed by atoms with Crippen LogP contribution >= 0.6 is 0 Å². The van der Waals surface area contributed by atoms with Gasteiger partial charge in [0, 0.05) is 60.2 Å².